The number of aromatic amines is 1. The Morgan fingerprint density at radius 2 is 2.22 bits per heavy atom. The van der Waals surface area contributed by atoms with Gasteiger partial charge in [0.05, 0.1) is 5.69 Å². The predicted molar refractivity (Wildman–Crippen MR) is 70.6 cm³/mol. The summed E-state index contributed by atoms with van der Waals surface area (Å²) in [7, 11) is 1.90. The number of nitrogens with zero attached hydrogens (tertiary/aromatic N) is 1. The first-order valence-corrected chi connectivity index (χ1v) is 6.36. The highest BCUT2D eigenvalue weighted by Gasteiger charge is 2.16. The number of nitrogens with one attached hydrogen (secondary N) is 2. The number of H-pyrrole nitrogens is 1. The van der Waals surface area contributed by atoms with Crippen LogP contribution in [-0.4, -0.2) is 23.8 Å². The van der Waals surface area contributed by atoms with Crippen molar-refractivity contribution in [2.24, 2.45) is 0 Å². The lowest BCUT2D eigenvalue weighted by atomic mass is 10.2. The number of fused-ring (bicyclic) bond motifs is 1. The molecule has 0 saturated carbocycles. The van der Waals surface area contributed by atoms with Crippen molar-refractivity contribution in [3.63, 3.8) is 0 Å². The average Bonchev–Trinajstić information content (AvgIpc) is 2.96. The maximum Gasteiger partial charge on any atom is 0.231 e. The summed E-state index contributed by atoms with van der Waals surface area (Å²) in [5.41, 5.74) is 1.99. The van der Waals surface area contributed by atoms with E-state index in [-0.39, 0.29) is 6.79 Å². The quantitative estimate of drug-likeness (QED) is 0.913. The van der Waals surface area contributed by atoms with Gasteiger partial charge in [-0.25, -0.2) is 4.98 Å². The van der Waals surface area contributed by atoms with E-state index in [9.17, 15) is 0 Å². The molecule has 0 bridgehead atoms. The van der Waals surface area contributed by atoms with Crippen LogP contribution in [0.5, 0.6) is 11.5 Å². The molecule has 18 heavy (non-hydrogen) atoms. The lowest BCUT2D eigenvalue weighted by Gasteiger charge is -1.99. The maximum atomic E-state index is 5.36. The molecule has 1 aliphatic heterocycles. The minimum Gasteiger partial charge on any atom is -0.454 e. The number of imidazole rings is 1. The van der Waals surface area contributed by atoms with Crippen LogP contribution in [0.1, 0.15) is 5.69 Å². The Morgan fingerprint density at radius 1 is 1.39 bits per heavy atom. The molecule has 94 valence electrons. The lowest BCUT2D eigenvalue weighted by molar-refractivity contribution is 0.174. The first-order valence-electron chi connectivity index (χ1n) is 5.57. The van der Waals surface area contributed by atoms with Gasteiger partial charge in [0.25, 0.3) is 0 Å². The highest BCUT2D eigenvalue weighted by molar-refractivity contribution is 9.10. The molecule has 0 atom stereocenters. The zero-order valence-electron chi connectivity index (χ0n) is 9.79. The molecule has 0 unspecified atom stereocenters. The molecule has 2 N–H and O–H groups in total. The molecule has 5 nitrogen and oxygen atoms in total. The van der Waals surface area contributed by atoms with Gasteiger partial charge in [0, 0.05) is 12.1 Å². The third kappa shape index (κ3) is 1.97. The summed E-state index contributed by atoms with van der Waals surface area (Å²) < 4.78 is 11.5. The monoisotopic (exact) mass is 309 g/mol. The van der Waals surface area contributed by atoms with E-state index < -0.39 is 0 Å². The molecule has 1 aromatic heterocycles. The van der Waals surface area contributed by atoms with E-state index in [1.165, 1.54) is 0 Å². The summed E-state index contributed by atoms with van der Waals surface area (Å²) in [5, 5.41) is 3.09. The van der Waals surface area contributed by atoms with E-state index in [0.29, 0.717) is 0 Å². The zero-order valence-corrected chi connectivity index (χ0v) is 11.4. The van der Waals surface area contributed by atoms with Gasteiger partial charge in [0.15, 0.2) is 11.5 Å². The molecule has 1 aliphatic rings. The number of ether oxygens (including phenoxy) is 2. The fraction of sp³-hybridized carbons (Fsp3) is 0.250. The van der Waals surface area contributed by atoms with Crippen molar-refractivity contribution in [2.75, 3.05) is 13.8 Å². The molecule has 6 heteroatoms. The maximum absolute atomic E-state index is 5.36. The number of aromatic nitrogens is 2. The van der Waals surface area contributed by atoms with Gasteiger partial charge in [-0.15, -0.1) is 0 Å². The van der Waals surface area contributed by atoms with Crippen LogP contribution in [0.15, 0.2) is 22.8 Å². The Labute approximate surface area is 113 Å². The average molecular weight is 310 g/mol. The Morgan fingerprint density at radius 3 is 3.06 bits per heavy atom. The topological polar surface area (TPSA) is 59.2 Å². The van der Waals surface area contributed by atoms with Crippen molar-refractivity contribution in [3.8, 4) is 22.9 Å². The van der Waals surface area contributed by atoms with E-state index in [2.05, 4.69) is 31.2 Å². The van der Waals surface area contributed by atoms with Gasteiger partial charge in [-0.1, -0.05) is 0 Å². The highest BCUT2D eigenvalue weighted by atomic mass is 79.9. The molecular formula is C12H12BrN3O2. The van der Waals surface area contributed by atoms with Gasteiger partial charge in [-0.3, -0.25) is 0 Å². The number of benzene rings is 1. The van der Waals surface area contributed by atoms with Gasteiger partial charge >= 0.3 is 0 Å². The fourth-order valence-electron chi connectivity index (χ4n) is 1.86. The van der Waals surface area contributed by atoms with E-state index in [1.54, 1.807) is 0 Å². The van der Waals surface area contributed by atoms with Gasteiger partial charge in [0.2, 0.25) is 6.79 Å². The van der Waals surface area contributed by atoms with E-state index in [1.807, 2.05) is 25.2 Å². The van der Waals surface area contributed by atoms with Gasteiger partial charge < -0.3 is 19.8 Å². The summed E-state index contributed by atoms with van der Waals surface area (Å²) in [6.45, 7) is 1.02. The Bertz CT molecular complexity index is 583. The molecule has 0 amide bonds. The van der Waals surface area contributed by atoms with Crippen molar-refractivity contribution in [3.05, 3.63) is 28.5 Å². The van der Waals surface area contributed by atoms with Crippen LogP contribution in [0.25, 0.3) is 11.4 Å². The fourth-order valence-corrected chi connectivity index (χ4v) is 2.28. The van der Waals surface area contributed by atoms with E-state index in [4.69, 9.17) is 9.47 Å². The largest absolute Gasteiger partial charge is 0.454 e. The summed E-state index contributed by atoms with van der Waals surface area (Å²) in [4.78, 5) is 7.72. The first kappa shape index (κ1) is 11.6. The third-order valence-corrected chi connectivity index (χ3v) is 3.38. The number of hydrogen-bond donors (Lipinski definition) is 2. The van der Waals surface area contributed by atoms with Crippen LogP contribution in [0.2, 0.25) is 0 Å². The minimum absolute atomic E-state index is 0.283. The third-order valence-electron chi connectivity index (χ3n) is 2.73. The molecule has 2 heterocycles. The first-order chi connectivity index (χ1) is 8.78. The van der Waals surface area contributed by atoms with Crippen molar-refractivity contribution >= 4 is 15.9 Å². The van der Waals surface area contributed by atoms with Gasteiger partial charge in [-0.05, 0) is 41.2 Å². The summed E-state index contributed by atoms with van der Waals surface area (Å²) in [6.07, 6.45) is 0. The van der Waals surface area contributed by atoms with Crippen LogP contribution < -0.4 is 14.8 Å². The van der Waals surface area contributed by atoms with Crippen LogP contribution in [-0.2, 0) is 6.54 Å². The molecule has 0 fully saturated rings. The second kappa shape index (κ2) is 4.62. The normalized spacial score (nSPS) is 13.0. The molecule has 1 aromatic carbocycles. The second-order valence-electron chi connectivity index (χ2n) is 3.95. The molecule has 0 radical (unpaired) electrons. The van der Waals surface area contributed by atoms with Crippen molar-refractivity contribution in [1.82, 2.24) is 15.3 Å². The number of halogens is 1. The van der Waals surface area contributed by atoms with Gasteiger partial charge in [-0.2, -0.15) is 0 Å². The van der Waals surface area contributed by atoms with E-state index >= 15 is 0 Å². The molecule has 3 rings (SSSR count). The SMILES string of the molecule is CNCc1[nH]c(-c2ccc3c(c2)OCO3)nc1Br. The number of rotatable bonds is 3. The smallest absolute Gasteiger partial charge is 0.231 e. The second-order valence-corrected chi connectivity index (χ2v) is 4.70. The van der Waals surface area contributed by atoms with Crippen molar-refractivity contribution in [2.45, 2.75) is 6.54 Å². The van der Waals surface area contributed by atoms with Crippen LogP contribution >= 0.6 is 15.9 Å². The molecule has 2 aromatic rings. The standard InChI is InChI=1S/C12H12BrN3O2/c1-14-5-8-11(13)16-12(15-8)7-2-3-9-10(4-7)18-6-17-9/h2-4,14H,5-6H2,1H3,(H,15,16). The zero-order chi connectivity index (χ0) is 12.5. The lowest BCUT2D eigenvalue weighted by Crippen LogP contribution is -2.05. The number of hydrogen-bond acceptors (Lipinski definition) is 4. The molecule has 0 aliphatic carbocycles. The van der Waals surface area contributed by atoms with Gasteiger partial charge in [0.1, 0.15) is 10.4 Å². The van der Waals surface area contributed by atoms with Crippen LogP contribution in [0.4, 0.5) is 0 Å². The Kier molecular flexibility index (Phi) is 2.97. The minimum atomic E-state index is 0.283. The van der Waals surface area contributed by atoms with Crippen LogP contribution in [0.3, 0.4) is 0 Å². The summed E-state index contributed by atoms with van der Waals surface area (Å²) in [6, 6.07) is 5.78. The summed E-state index contributed by atoms with van der Waals surface area (Å²) in [5.74, 6) is 2.35. The Hall–Kier alpha value is -1.53. The van der Waals surface area contributed by atoms with Crippen molar-refractivity contribution in [1.29, 1.82) is 0 Å². The molecule has 0 spiro atoms. The van der Waals surface area contributed by atoms with Crippen molar-refractivity contribution < 1.29 is 9.47 Å². The van der Waals surface area contributed by atoms with E-state index in [0.717, 1.165) is 39.7 Å². The highest BCUT2D eigenvalue weighted by Crippen LogP contribution is 2.35. The predicted octanol–water partition coefficient (Wildman–Crippen LogP) is 2.29. The molecule has 0 saturated heterocycles. The van der Waals surface area contributed by atoms with Crippen LogP contribution in [0, 0.1) is 0 Å². The summed E-state index contributed by atoms with van der Waals surface area (Å²) >= 11 is 3.44. The molecular weight excluding hydrogens is 298 g/mol. The Balaban J connectivity index is 1.97.